The fourth-order valence-corrected chi connectivity index (χ4v) is 3.49. The zero-order chi connectivity index (χ0) is 20.4. The van der Waals surface area contributed by atoms with Crippen LogP contribution in [0.4, 0.5) is 5.82 Å². The monoisotopic (exact) mass is 393 g/mol. The number of likely N-dealkylation sites (tertiary alicyclic amines) is 1. The second-order valence-corrected chi connectivity index (χ2v) is 7.17. The van der Waals surface area contributed by atoms with E-state index >= 15 is 0 Å². The molecule has 1 N–H and O–H groups in total. The third-order valence-electron chi connectivity index (χ3n) is 5.32. The molecule has 3 aromatic rings. The molecule has 2 amide bonds. The quantitative estimate of drug-likeness (QED) is 0.705. The molecule has 1 fully saturated rings. The van der Waals surface area contributed by atoms with Gasteiger partial charge in [0.1, 0.15) is 5.82 Å². The Balaban J connectivity index is 1.36. The van der Waals surface area contributed by atoms with Crippen LogP contribution in [0.1, 0.15) is 29.3 Å². The highest BCUT2D eigenvalue weighted by molar-refractivity contribution is 5.94. The number of nitrogens with zero attached hydrogens (tertiary/aromatic N) is 6. The van der Waals surface area contributed by atoms with Crippen LogP contribution < -0.4 is 5.32 Å². The number of carbonyl (C=O) groups excluding carboxylic acids is 2. The van der Waals surface area contributed by atoms with Crippen molar-refractivity contribution >= 4 is 23.3 Å². The maximum absolute atomic E-state index is 12.7. The molecule has 150 valence electrons. The van der Waals surface area contributed by atoms with Gasteiger partial charge in [-0.15, -0.1) is 0 Å². The van der Waals surface area contributed by atoms with Gasteiger partial charge in [0, 0.05) is 57.8 Å². The first-order chi connectivity index (χ1) is 14.0. The van der Waals surface area contributed by atoms with E-state index in [4.69, 9.17) is 0 Å². The van der Waals surface area contributed by atoms with E-state index in [2.05, 4.69) is 20.4 Å². The van der Waals surface area contributed by atoms with Crippen LogP contribution in [0.25, 0.3) is 5.65 Å². The molecule has 9 nitrogen and oxygen atoms in total. The molecule has 0 aromatic carbocycles. The molecule has 0 saturated carbocycles. The summed E-state index contributed by atoms with van der Waals surface area (Å²) in [7, 11) is 1.78. The minimum absolute atomic E-state index is 0.0165. The maximum atomic E-state index is 12.7. The number of aromatic nitrogens is 4. The number of nitrogens with one attached hydrogen (secondary N) is 1. The van der Waals surface area contributed by atoms with Crippen molar-refractivity contribution in [3.8, 4) is 0 Å². The molecule has 29 heavy (non-hydrogen) atoms. The molecule has 4 heterocycles. The van der Waals surface area contributed by atoms with Crippen molar-refractivity contribution in [2.75, 3.05) is 25.5 Å². The van der Waals surface area contributed by atoms with Crippen molar-refractivity contribution in [2.24, 2.45) is 0 Å². The van der Waals surface area contributed by atoms with Gasteiger partial charge in [0.2, 0.25) is 5.91 Å². The van der Waals surface area contributed by atoms with E-state index in [-0.39, 0.29) is 17.9 Å². The average Bonchev–Trinajstić information content (AvgIpc) is 3.39. The predicted octanol–water partition coefficient (Wildman–Crippen LogP) is 1.43. The molecule has 4 rings (SSSR count). The number of anilines is 1. The van der Waals surface area contributed by atoms with E-state index < -0.39 is 0 Å². The van der Waals surface area contributed by atoms with Gasteiger partial charge in [0.05, 0.1) is 17.8 Å². The summed E-state index contributed by atoms with van der Waals surface area (Å²) >= 11 is 0. The first kappa shape index (κ1) is 18.9. The Labute approximate surface area is 168 Å². The second kappa shape index (κ2) is 7.86. The summed E-state index contributed by atoms with van der Waals surface area (Å²) < 4.78 is 1.72. The summed E-state index contributed by atoms with van der Waals surface area (Å²) in [6, 6.07) is 5.47. The Kier molecular flexibility index (Phi) is 5.11. The normalized spacial score (nSPS) is 16.2. The van der Waals surface area contributed by atoms with E-state index in [1.807, 2.05) is 12.3 Å². The van der Waals surface area contributed by atoms with Gasteiger partial charge in [-0.05, 0) is 24.6 Å². The summed E-state index contributed by atoms with van der Waals surface area (Å²) in [5.74, 6) is 0.630. The standard InChI is InChI=1S/C20H23N7O2/c1-14(28)25(2)17-6-9-26(13-17)20(29)15-4-5-18(22-10-15)23-11-16-12-24-27-8-3-7-21-19(16)27/h3-5,7-8,10,12,17H,6,9,11,13H2,1-2H3,(H,22,23)/t17-/m0/s1. The van der Waals surface area contributed by atoms with Crippen LogP contribution in [-0.4, -0.2) is 67.4 Å². The molecular formula is C20H23N7O2. The number of fused-ring (bicyclic) bond motifs is 1. The molecule has 3 aromatic heterocycles. The van der Waals surface area contributed by atoms with Gasteiger partial charge in [0.15, 0.2) is 5.65 Å². The number of rotatable bonds is 5. The van der Waals surface area contributed by atoms with Gasteiger partial charge >= 0.3 is 0 Å². The largest absolute Gasteiger partial charge is 0.366 e. The van der Waals surface area contributed by atoms with Crippen molar-refractivity contribution in [1.82, 2.24) is 29.4 Å². The number of likely N-dealkylation sites (N-methyl/N-ethyl adjacent to an activating group) is 1. The van der Waals surface area contributed by atoms with Crippen LogP contribution in [0, 0.1) is 0 Å². The van der Waals surface area contributed by atoms with E-state index in [0.29, 0.717) is 31.0 Å². The number of amides is 2. The lowest BCUT2D eigenvalue weighted by atomic mass is 10.2. The lowest BCUT2D eigenvalue weighted by Gasteiger charge is -2.23. The topological polar surface area (TPSA) is 95.7 Å². The van der Waals surface area contributed by atoms with Crippen LogP contribution in [0.5, 0.6) is 0 Å². The van der Waals surface area contributed by atoms with Crippen LogP contribution in [0.3, 0.4) is 0 Å². The Morgan fingerprint density at radius 1 is 1.28 bits per heavy atom. The summed E-state index contributed by atoms with van der Waals surface area (Å²) in [6.45, 7) is 3.27. The number of hydrogen-bond acceptors (Lipinski definition) is 6. The van der Waals surface area contributed by atoms with Crippen molar-refractivity contribution < 1.29 is 9.59 Å². The molecule has 1 saturated heterocycles. The Morgan fingerprint density at radius 2 is 2.14 bits per heavy atom. The van der Waals surface area contributed by atoms with Gasteiger partial charge < -0.3 is 15.1 Å². The Morgan fingerprint density at radius 3 is 2.90 bits per heavy atom. The third kappa shape index (κ3) is 3.89. The van der Waals surface area contributed by atoms with Crippen LogP contribution >= 0.6 is 0 Å². The fourth-order valence-electron chi connectivity index (χ4n) is 3.49. The molecule has 0 spiro atoms. The minimum atomic E-state index is -0.0599. The van der Waals surface area contributed by atoms with Gasteiger partial charge in [-0.3, -0.25) is 9.59 Å². The SMILES string of the molecule is CC(=O)N(C)[C@H]1CCN(C(=O)c2ccc(NCc3cnn4cccnc34)nc2)C1. The lowest BCUT2D eigenvalue weighted by molar-refractivity contribution is -0.129. The average molecular weight is 393 g/mol. The highest BCUT2D eigenvalue weighted by Crippen LogP contribution is 2.18. The summed E-state index contributed by atoms with van der Waals surface area (Å²) in [5.41, 5.74) is 2.30. The summed E-state index contributed by atoms with van der Waals surface area (Å²) in [6.07, 6.45) is 7.73. The fraction of sp³-hybridized carbons (Fsp3) is 0.350. The second-order valence-electron chi connectivity index (χ2n) is 7.17. The van der Waals surface area contributed by atoms with Crippen LogP contribution in [0.2, 0.25) is 0 Å². The van der Waals surface area contributed by atoms with Crippen molar-refractivity contribution in [3.05, 3.63) is 54.1 Å². The lowest BCUT2D eigenvalue weighted by Crippen LogP contribution is -2.38. The van der Waals surface area contributed by atoms with Crippen LogP contribution in [-0.2, 0) is 11.3 Å². The molecule has 1 aliphatic heterocycles. The van der Waals surface area contributed by atoms with E-state index in [9.17, 15) is 9.59 Å². The molecule has 1 atom stereocenters. The molecule has 1 aliphatic rings. The number of carbonyl (C=O) groups is 2. The van der Waals surface area contributed by atoms with Crippen molar-refractivity contribution in [2.45, 2.75) is 25.9 Å². The highest BCUT2D eigenvalue weighted by atomic mass is 16.2. The first-order valence-corrected chi connectivity index (χ1v) is 9.53. The predicted molar refractivity (Wildman–Crippen MR) is 107 cm³/mol. The highest BCUT2D eigenvalue weighted by Gasteiger charge is 2.30. The third-order valence-corrected chi connectivity index (χ3v) is 5.32. The Hall–Kier alpha value is -3.49. The molecular weight excluding hydrogens is 370 g/mol. The van der Waals surface area contributed by atoms with E-state index in [1.165, 1.54) is 0 Å². The van der Waals surface area contributed by atoms with Crippen molar-refractivity contribution in [3.63, 3.8) is 0 Å². The summed E-state index contributed by atoms with van der Waals surface area (Å²) in [4.78, 5) is 36.4. The molecule has 9 heteroatoms. The van der Waals surface area contributed by atoms with Gasteiger partial charge in [-0.25, -0.2) is 14.5 Å². The Bertz CT molecular complexity index is 1030. The molecule has 0 unspecified atom stereocenters. The van der Waals surface area contributed by atoms with Crippen molar-refractivity contribution in [1.29, 1.82) is 0 Å². The molecule has 0 radical (unpaired) electrons. The number of hydrogen-bond donors (Lipinski definition) is 1. The maximum Gasteiger partial charge on any atom is 0.255 e. The summed E-state index contributed by atoms with van der Waals surface area (Å²) in [5, 5.41) is 7.50. The van der Waals surface area contributed by atoms with Crippen LogP contribution in [0.15, 0.2) is 43.0 Å². The number of pyridine rings is 1. The van der Waals surface area contributed by atoms with Gasteiger partial charge in [-0.2, -0.15) is 5.10 Å². The molecule has 0 aliphatic carbocycles. The van der Waals surface area contributed by atoms with Gasteiger partial charge in [-0.1, -0.05) is 0 Å². The zero-order valence-electron chi connectivity index (χ0n) is 16.4. The molecule has 0 bridgehead atoms. The first-order valence-electron chi connectivity index (χ1n) is 9.53. The van der Waals surface area contributed by atoms with E-state index in [1.54, 1.807) is 59.0 Å². The zero-order valence-corrected chi connectivity index (χ0v) is 16.4. The smallest absolute Gasteiger partial charge is 0.255 e. The van der Waals surface area contributed by atoms with E-state index in [0.717, 1.165) is 17.6 Å². The van der Waals surface area contributed by atoms with Gasteiger partial charge in [0.25, 0.3) is 5.91 Å². The minimum Gasteiger partial charge on any atom is -0.366 e.